The van der Waals surface area contributed by atoms with E-state index in [0.29, 0.717) is 11.5 Å². The normalized spacial score (nSPS) is 10.6. The number of aryl methyl sites for hydroxylation is 2. The van der Waals surface area contributed by atoms with E-state index in [1.54, 1.807) is 0 Å². The number of H-pyrrole nitrogens is 2. The topological polar surface area (TPSA) is 77.8 Å². The van der Waals surface area contributed by atoms with Crippen LogP contribution in [0.25, 0.3) is 0 Å². The molecule has 1 heterocycles. The lowest BCUT2D eigenvalue weighted by atomic mass is 10.1. The summed E-state index contributed by atoms with van der Waals surface area (Å²) in [6.45, 7) is 4.06. The van der Waals surface area contributed by atoms with Crippen molar-refractivity contribution in [2.75, 3.05) is 11.1 Å². The molecule has 2 aromatic rings. The van der Waals surface area contributed by atoms with Crippen molar-refractivity contribution < 1.29 is 4.79 Å². The monoisotopic (exact) mass is 305 g/mol. The van der Waals surface area contributed by atoms with Crippen LogP contribution in [0.2, 0.25) is 0 Å². The van der Waals surface area contributed by atoms with Crippen LogP contribution in [0.5, 0.6) is 0 Å². The van der Waals surface area contributed by atoms with Crippen LogP contribution in [0.3, 0.4) is 0 Å². The zero-order valence-corrected chi connectivity index (χ0v) is 13.0. The SMILES string of the molecule is CCc1cccc(C)c1NC(=O)CSCc1cc(=O)[nH][nH]1. The minimum absolute atomic E-state index is 0.0260. The van der Waals surface area contributed by atoms with E-state index in [1.165, 1.54) is 17.8 Å². The Bertz CT molecular complexity index is 676. The van der Waals surface area contributed by atoms with Crippen molar-refractivity contribution >= 4 is 23.4 Å². The van der Waals surface area contributed by atoms with Crippen molar-refractivity contribution in [3.8, 4) is 0 Å². The van der Waals surface area contributed by atoms with Crippen LogP contribution in [-0.2, 0) is 17.0 Å². The highest BCUT2D eigenvalue weighted by Crippen LogP contribution is 2.21. The number of amides is 1. The molecule has 1 aromatic heterocycles. The van der Waals surface area contributed by atoms with Gasteiger partial charge in [-0.1, -0.05) is 25.1 Å². The van der Waals surface area contributed by atoms with Gasteiger partial charge >= 0.3 is 0 Å². The number of carbonyl (C=O) groups is 1. The molecule has 21 heavy (non-hydrogen) atoms. The average Bonchev–Trinajstić information content (AvgIpc) is 2.86. The summed E-state index contributed by atoms with van der Waals surface area (Å²) in [5, 5.41) is 8.22. The molecule has 0 radical (unpaired) electrons. The summed E-state index contributed by atoms with van der Waals surface area (Å²) >= 11 is 1.46. The van der Waals surface area contributed by atoms with Gasteiger partial charge in [-0.05, 0) is 24.5 Å². The Balaban J connectivity index is 1.89. The molecule has 5 nitrogen and oxygen atoms in total. The van der Waals surface area contributed by atoms with Crippen molar-refractivity contribution in [1.82, 2.24) is 10.2 Å². The summed E-state index contributed by atoms with van der Waals surface area (Å²) in [5.41, 5.74) is 3.78. The first-order chi connectivity index (χ1) is 10.1. The van der Waals surface area contributed by atoms with Gasteiger partial charge in [0.25, 0.3) is 5.56 Å². The van der Waals surface area contributed by atoms with Gasteiger partial charge in [0.1, 0.15) is 0 Å². The maximum Gasteiger partial charge on any atom is 0.264 e. The number of nitrogens with one attached hydrogen (secondary N) is 3. The Morgan fingerprint density at radius 3 is 2.81 bits per heavy atom. The summed E-state index contributed by atoms with van der Waals surface area (Å²) in [7, 11) is 0. The molecule has 0 aliphatic carbocycles. The van der Waals surface area contributed by atoms with E-state index in [4.69, 9.17) is 0 Å². The van der Waals surface area contributed by atoms with Gasteiger partial charge < -0.3 is 10.4 Å². The third-order valence-corrected chi connectivity index (χ3v) is 4.13. The molecule has 0 saturated carbocycles. The second-order valence-corrected chi connectivity index (χ2v) is 5.77. The van der Waals surface area contributed by atoms with Crippen molar-refractivity contribution in [2.24, 2.45) is 0 Å². The molecule has 0 aliphatic rings. The van der Waals surface area contributed by atoms with Crippen LogP contribution in [-0.4, -0.2) is 21.9 Å². The molecule has 1 aromatic carbocycles. The van der Waals surface area contributed by atoms with Gasteiger partial charge in [-0.2, -0.15) is 0 Å². The van der Waals surface area contributed by atoms with Crippen LogP contribution in [0.1, 0.15) is 23.7 Å². The molecule has 0 bridgehead atoms. The second-order valence-electron chi connectivity index (χ2n) is 4.79. The minimum atomic E-state index is -0.150. The first-order valence-corrected chi connectivity index (χ1v) is 7.98. The Kier molecular flexibility index (Phi) is 5.27. The zero-order chi connectivity index (χ0) is 15.2. The summed E-state index contributed by atoms with van der Waals surface area (Å²) < 4.78 is 0. The zero-order valence-electron chi connectivity index (χ0n) is 12.2. The highest BCUT2D eigenvalue weighted by atomic mass is 32.2. The Hall–Kier alpha value is -1.95. The highest BCUT2D eigenvalue weighted by molar-refractivity contribution is 7.99. The molecule has 0 aliphatic heterocycles. The summed E-state index contributed by atoms with van der Waals surface area (Å²) in [4.78, 5) is 23.0. The maximum absolute atomic E-state index is 12.0. The van der Waals surface area contributed by atoms with Crippen LogP contribution in [0.4, 0.5) is 5.69 Å². The van der Waals surface area contributed by atoms with Gasteiger partial charge in [0, 0.05) is 23.2 Å². The number of rotatable bonds is 6. The fourth-order valence-corrected chi connectivity index (χ4v) is 2.82. The molecule has 0 atom stereocenters. The molecule has 6 heteroatoms. The predicted molar refractivity (Wildman–Crippen MR) is 86.8 cm³/mol. The third-order valence-electron chi connectivity index (χ3n) is 3.15. The third kappa shape index (κ3) is 4.26. The molecular formula is C15H19N3O2S. The number of hydrogen-bond donors (Lipinski definition) is 3. The van der Waals surface area contributed by atoms with Crippen LogP contribution < -0.4 is 10.9 Å². The lowest BCUT2D eigenvalue weighted by molar-refractivity contribution is -0.113. The van der Waals surface area contributed by atoms with E-state index < -0.39 is 0 Å². The second kappa shape index (κ2) is 7.17. The number of aromatic amines is 2. The Morgan fingerprint density at radius 1 is 1.33 bits per heavy atom. The largest absolute Gasteiger partial charge is 0.325 e. The molecule has 0 spiro atoms. The van der Waals surface area contributed by atoms with Crippen LogP contribution >= 0.6 is 11.8 Å². The average molecular weight is 305 g/mol. The van der Waals surface area contributed by atoms with E-state index in [1.807, 2.05) is 25.1 Å². The van der Waals surface area contributed by atoms with Gasteiger partial charge in [-0.15, -0.1) is 11.8 Å². The standard InChI is InChI=1S/C15H19N3O2S/c1-3-11-6-4-5-10(2)15(11)16-14(20)9-21-8-12-7-13(19)18-17-12/h4-7H,3,8-9H2,1-2H3,(H,16,20)(H2,17,18,19). The first kappa shape index (κ1) is 15.4. The van der Waals surface area contributed by atoms with E-state index >= 15 is 0 Å². The number of benzene rings is 1. The number of para-hydroxylation sites is 1. The summed E-state index contributed by atoms with van der Waals surface area (Å²) in [5.74, 6) is 0.924. The molecule has 0 unspecified atom stereocenters. The smallest absolute Gasteiger partial charge is 0.264 e. The number of anilines is 1. The Labute approximate surface area is 127 Å². The number of aromatic nitrogens is 2. The van der Waals surface area contributed by atoms with Crippen LogP contribution in [0.15, 0.2) is 29.1 Å². The van der Waals surface area contributed by atoms with Gasteiger partial charge in [-0.25, -0.2) is 0 Å². The van der Waals surface area contributed by atoms with Crippen molar-refractivity contribution in [1.29, 1.82) is 0 Å². The molecule has 3 N–H and O–H groups in total. The van der Waals surface area contributed by atoms with Gasteiger partial charge in [0.05, 0.1) is 5.75 Å². The van der Waals surface area contributed by atoms with E-state index in [9.17, 15) is 9.59 Å². The number of hydrogen-bond acceptors (Lipinski definition) is 3. The summed E-state index contributed by atoms with van der Waals surface area (Å²) in [6, 6.07) is 7.52. The van der Waals surface area contributed by atoms with Crippen molar-refractivity contribution in [3.63, 3.8) is 0 Å². The molecule has 0 saturated heterocycles. The van der Waals surface area contributed by atoms with E-state index in [0.717, 1.165) is 28.9 Å². The maximum atomic E-state index is 12.0. The molecule has 0 fully saturated rings. The van der Waals surface area contributed by atoms with Crippen LogP contribution in [0, 0.1) is 6.92 Å². The summed E-state index contributed by atoms with van der Waals surface area (Å²) in [6.07, 6.45) is 0.884. The first-order valence-electron chi connectivity index (χ1n) is 6.82. The number of carbonyl (C=O) groups excluding carboxylic acids is 1. The molecule has 1 amide bonds. The van der Waals surface area contributed by atoms with E-state index in [2.05, 4.69) is 22.4 Å². The van der Waals surface area contributed by atoms with Crippen molar-refractivity contribution in [2.45, 2.75) is 26.0 Å². The molecule has 2 rings (SSSR count). The van der Waals surface area contributed by atoms with Gasteiger partial charge in [-0.3, -0.25) is 14.7 Å². The Morgan fingerprint density at radius 2 is 2.14 bits per heavy atom. The molecular weight excluding hydrogens is 286 g/mol. The lowest BCUT2D eigenvalue weighted by Gasteiger charge is -2.12. The van der Waals surface area contributed by atoms with Gasteiger partial charge in [0.2, 0.25) is 5.91 Å². The minimum Gasteiger partial charge on any atom is -0.325 e. The predicted octanol–water partition coefficient (Wildman–Crippen LogP) is 2.45. The van der Waals surface area contributed by atoms with Gasteiger partial charge in [0.15, 0.2) is 0 Å². The van der Waals surface area contributed by atoms with Crippen molar-refractivity contribution in [3.05, 3.63) is 51.4 Å². The fraction of sp³-hybridized carbons (Fsp3) is 0.333. The lowest BCUT2D eigenvalue weighted by Crippen LogP contribution is -2.16. The highest BCUT2D eigenvalue weighted by Gasteiger charge is 2.09. The van der Waals surface area contributed by atoms with E-state index in [-0.39, 0.29) is 11.5 Å². The quantitative estimate of drug-likeness (QED) is 0.767. The fourth-order valence-electron chi connectivity index (χ4n) is 2.08. The number of thioether (sulfide) groups is 1. The molecule has 112 valence electrons.